The lowest BCUT2D eigenvalue weighted by molar-refractivity contribution is -0.152. The van der Waals surface area contributed by atoms with Gasteiger partial charge < -0.3 is 9.30 Å². The van der Waals surface area contributed by atoms with Crippen LogP contribution in [-0.4, -0.2) is 46.4 Å². The maximum absolute atomic E-state index is 13.4. The third-order valence-electron chi connectivity index (χ3n) is 6.60. The molecular weight excluding hydrogens is 428 g/mol. The maximum atomic E-state index is 13.4. The summed E-state index contributed by atoms with van der Waals surface area (Å²) in [5, 5.41) is 0. The Hall–Kier alpha value is -3.76. The van der Waals surface area contributed by atoms with Gasteiger partial charge in [-0.15, -0.1) is 0 Å². The number of aryl methyl sites for hydroxylation is 1. The maximum Gasteiger partial charge on any atom is 0.319 e. The summed E-state index contributed by atoms with van der Waals surface area (Å²) in [6.45, 7) is 11.6. The van der Waals surface area contributed by atoms with E-state index in [-0.39, 0.29) is 5.78 Å². The summed E-state index contributed by atoms with van der Waals surface area (Å²) in [6, 6.07) is 14.9. The van der Waals surface area contributed by atoms with E-state index >= 15 is 0 Å². The minimum atomic E-state index is -1.15. The van der Waals surface area contributed by atoms with Gasteiger partial charge in [-0.1, -0.05) is 48.0 Å². The topological polar surface area (TPSA) is 68.8 Å². The summed E-state index contributed by atoms with van der Waals surface area (Å²) < 4.78 is 7.19. The van der Waals surface area contributed by atoms with Crippen molar-refractivity contribution in [1.82, 2.24) is 14.5 Å². The van der Waals surface area contributed by atoms with Gasteiger partial charge >= 0.3 is 5.97 Å². The number of methoxy groups -OCH3 is 1. The zero-order valence-electron chi connectivity index (χ0n) is 19.5. The highest BCUT2D eigenvalue weighted by Gasteiger charge is 2.49. The number of carbonyl (C=O) groups is 2. The lowest BCUT2D eigenvalue weighted by atomic mass is 9.72. The molecule has 0 unspecified atom stereocenters. The molecule has 4 rings (SSSR count). The van der Waals surface area contributed by atoms with E-state index in [1.807, 2.05) is 61.9 Å². The largest absolute Gasteiger partial charge is 0.468 e. The molecule has 0 N–H and O–H groups in total. The van der Waals surface area contributed by atoms with Crippen LogP contribution in [0.1, 0.15) is 40.0 Å². The highest BCUT2D eigenvalue weighted by molar-refractivity contribution is 6.12. The molecule has 3 aromatic rings. The molecule has 1 aliphatic heterocycles. The summed E-state index contributed by atoms with van der Waals surface area (Å²) in [5.41, 5.74) is 3.17. The van der Waals surface area contributed by atoms with Crippen molar-refractivity contribution in [3.8, 4) is 0 Å². The number of hydrogen-bond acceptors (Lipinski definition) is 5. The van der Waals surface area contributed by atoms with Gasteiger partial charge in [0.05, 0.1) is 25.7 Å². The molecule has 2 heterocycles. The highest BCUT2D eigenvalue weighted by Crippen LogP contribution is 2.37. The van der Waals surface area contributed by atoms with Crippen molar-refractivity contribution in [3.05, 3.63) is 94.9 Å². The first-order valence-electron chi connectivity index (χ1n) is 11.3. The van der Waals surface area contributed by atoms with Gasteiger partial charge in [0.1, 0.15) is 5.41 Å². The first-order valence-corrected chi connectivity index (χ1v) is 11.3. The molecule has 1 aromatic heterocycles. The number of aromatic nitrogens is 2. The minimum absolute atomic E-state index is 0.157. The predicted octanol–water partition coefficient (Wildman–Crippen LogP) is 4.43. The Morgan fingerprint density at radius 1 is 1.12 bits per heavy atom. The minimum Gasteiger partial charge on any atom is -0.468 e. The summed E-state index contributed by atoms with van der Waals surface area (Å²) >= 11 is 0. The van der Waals surface area contributed by atoms with Crippen molar-refractivity contribution < 1.29 is 14.3 Å². The van der Waals surface area contributed by atoms with Gasteiger partial charge in [-0.3, -0.25) is 14.5 Å². The molecule has 2 aromatic carbocycles. The highest BCUT2D eigenvalue weighted by atomic mass is 16.5. The fourth-order valence-electron chi connectivity index (χ4n) is 4.60. The average Bonchev–Trinajstić information content (AvgIpc) is 3.30. The normalized spacial score (nSPS) is 15.4. The monoisotopic (exact) mass is 456 g/mol. The second-order valence-electron chi connectivity index (χ2n) is 8.84. The number of Topliss-reactive ketones (excluding diaryl/α,β-unsaturated/α-hetero) is 1. The molecule has 0 bridgehead atoms. The SMILES string of the molecule is [C-]#[N+]c1ccc(Cn2cncc2CN2CCC(C(=O)OC)(C(=O)c3cccc(C)c3)CC2)cc1. The fraction of sp³-hybridized carbons (Fsp3) is 0.333. The number of imidazole rings is 1. The van der Waals surface area contributed by atoms with Gasteiger partial charge in [-0.25, -0.2) is 9.83 Å². The molecule has 174 valence electrons. The van der Waals surface area contributed by atoms with E-state index in [0.717, 1.165) is 16.8 Å². The van der Waals surface area contributed by atoms with E-state index in [2.05, 4.69) is 19.3 Å². The van der Waals surface area contributed by atoms with Crippen LogP contribution >= 0.6 is 0 Å². The number of piperidine rings is 1. The standard InChI is InChI=1S/C27H28N4O3/c1-20-5-4-6-22(15-20)25(32)27(26(33)34-3)11-13-30(14-12-27)18-24-16-29-19-31(24)17-21-7-9-23(28-2)10-8-21/h4-10,15-16,19H,11-14,17-18H2,1,3H3. The summed E-state index contributed by atoms with van der Waals surface area (Å²) in [4.78, 5) is 36.3. The molecule has 0 atom stereocenters. The molecule has 0 amide bonds. The van der Waals surface area contributed by atoms with Crippen LogP contribution < -0.4 is 0 Å². The number of hydrogen-bond donors (Lipinski definition) is 0. The van der Waals surface area contributed by atoms with Crippen molar-refractivity contribution in [2.45, 2.75) is 32.9 Å². The van der Waals surface area contributed by atoms with E-state index < -0.39 is 11.4 Å². The summed E-state index contributed by atoms with van der Waals surface area (Å²) in [5.74, 6) is -0.609. The Morgan fingerprint density at radius 3 is 2.50 bits per heavy atom. The second kappa shape index (κ2) is 10.0. The summed E-state index contributed by atoms with van der Waals surface area (Å²) in [6.07, 6.45) is 4.49. The second-order valence-corrected chi connectivity index (χ2v) is 8.84. The number of nitrogens with zero attached hydrogens (tertiary/aromatic N) is 4. The zero-order chi connectivity index (χ0) is 24.1. The van der Waals surface area contributed by atoms with Gasteiger partial charge in [0.2, 0.25) is 0 Å². The summed E-state index contributed by atoms with van der Waals surface area (Å²) in [7, 11) is 1.35. The van der Waals surface area contributed by atoms with Crippen LogP contribution in [0.15, 0.2) is 61.1 Å². The van der Waals surface area contributed by atoms with E-state index in [4.69, 9.17) is 11.3 Å². The van der Waals surface area contributed by atoms with Gasteiger partial charge in [-0.2, -0.15) is 0 Å². The zero-order valence-corrected chi connectivity index (χ0v) is 19.5. The molecule has 1 fully saturated rings. The van der Waals surface area contributed by atoms with Crippen molar-refractivity contribution in [2.24, 2.45) is 5.41 Å². The lowest BCUT2D eigenvalue weighted by Gasteiger charge is -2.38. The lowest BCUT2D eigenvalue weighted by Crippen LogP contribution is -2.49. The molecule has 7 heteroatoms. The number of ether oxygens (including phenoxy) is 1. The molecule has 1 aliphatic rings. The van der Waals surface area contributed by atoms with Gasteiger partial charge in [0.25, 0.3) is 0 Å². The molecular formula is C27H28N4O3. The van der Waals surface area contributed by atoms with E-state index in [1.54, 1.807) is 6.07 Å². The fourth-order valence-corrected chi connectivity index (χ4v) is 4.60. The van der Waals surface area contributed by atoms with Crippen LogP contribution in [0.2, 0.25) is 0 Å². The molecule has 0 spiro atoms. The number of carbonyl (C=O) groups excluding carboxylic acids is 2. The number of likely N-dealkylation sites (tertiary alicyclic amines) is 1. The van der Waals surface area contributed by atoms with Crippen LogP contribution in [0.5, 0.6) is 0 Å². The third kappa shape index (κ3) is 4.78. The van der Waals surface area contributed by atoms with E-state index in [9.17, 15) is 9.59 Å². The van der Waals surface area contributed by atoms with Crippen molar-refractivity contribution in [3.63, 3.8) is 0 Å². The number of esters is 1. The molecule has 0 aliphatic carbocycles. The van der Waals surface area contributed by atoms with Crippen molar-refractivity contribution >= 4 is 17.4 Å². The van der Waals surface area contributed by atoms with Crippen LogP contribution in [-0.2, 0) is 22.6 Å². The van der Waals surface area contributed by atoms with Crippen molar-refractivity contribution in [1.29, 1.82) is 0 Å². The Labute approximate surface area is 199 Å². The Balaban J connectivity index is 1.45. The van der Waals surface area contributed by atoms with Crippen LogP contribution in [0.4, 0.5) is 5.69 Å². The Kier molecular flexibility index (Phi) is 6.90. The van der Waals surface area contributed by atoms with Crippen molar-refractivity contribution in [2.75, 3.05) is 20.2 Å². The van der Waals surface area contributed by atoms with E-state index in [0.29, 0.717) is 50.3 Å². The van der Waals surface area contributed by atoms with Gasteiger partial charge in [0, 0.05) is 37.9 Å². The Bertz CT molecular complexity index is 1220. The van der Waals surface area contributed by atoms with Crippen LogP contribution in [0, 0.1) is 18.9 Å². The number of rotatable bonds is 7. The molecule has 0 saturated carbocycles. The Morgan fingerprint density at radius 2 is 1.85 bits per heavy atom. The molecule has 0 radical (unpaired) electrons. The molecule has 34 heavy (non-hydrogen) atoms. The predicted molar refractivity (Wildman–Crippen MR) is 129 cm³/mol. The van der Waals surface area contributed by atoms with Crippen LogP contribution in [0.25, 0.3) is 4.85 Å². The van der Waals surface area contributed by atoms with Crippen LogP contribution in [0.3, 0.4) is 0 Å². The quantitative estimate of drug-likeness (QED) is 0.228. The molecule has 7 nitrogen and oxygen atoms in total. The average molecular weight is 457 g/mol. The number of ketones is 1. The molecule has 1 saturated heterocycles. The third-order valence-corrected chi connectivity index (χ3v) is 6.60. The van der Waals surface area contributed by atoms with Gasteiger partial charge in [0.15, 0.2) is 11.5 Å². The van der Waals surface area contributed by atoms with Gasteiger partial charge in [-0.05, 0) is 31.4 Å². The van der Waals surface area contributed by atoms with E-state index in [1.165, 1.54) is 7.11 Å². The first-order chi connectivity index (χ1) is 16.4. The smallest absolute Gasteiger partial charge is 0.319 e. The number of benzene rings is 2. The first kappa shape index (κ1) is 23.4.